The highest BCUT2D eigenvalue weighted by molar-refractivity contribution is 5.88. The normalized spacial score (nSPS) is 20.3. The van der Waals surface area contributed by atoms with E-state index in [1.54, 1.807) is 25.2 Å². The second-order valence-electron chi connectivity index (χ2n) is 8.41. The quantitative estimate of drug-likeness (QED) is 0.427. The van der Waals surface area contributed by atoms with Crippen LogP contribution in [0.25, 0.3) is 5.76 Å². The van der Waals surface area contributed by atoms with E-state index in [-0.39, 0.29) is 11.5 Å². The fourth-order valence-electron chi connectivity index (χ4n) is 3.85. The van der Waals surface area contributed by atoms with Crippen LogP contribution < -0.4 is 5.32 Å². The summed E-state index contributed by atoms with van der Waals surface area (Å²) in [5, 5.41) is 3.02. The maximum atomic E-state index is 13.1. The van der Waals surface area contributed by atoms with Gasteiger partial charge in [-0.25, -0.2) is 0 Å². The number of aldehydes is 1. The summed E-state index contributed by atoms with van der Waals surface area (Å²) in [6, 6.07) is 5.09. The molecule has 0 aliphatic heterocycles. The van der Waals surface area contributed by atoms with E-state index in [0.29, 0.717) is 29.5 Å². The van der Waals surface area contributed by atoms with E-state index in [9.17, 15) is 14.4 Å². The van der Waals surface area contributed by atoms with Crippen molar-refractivity contribution in [3.8, 4) is 0 Å². The van der Waals surface area contributed by atoms with Crippen molar-refractivity contribution in [1.29, 1.82) is 0 Å². The van der Waals surface area contributed by atoms with E-state index in [1.165, 1.54) is 21.1 Å². The number of hydrogen-bond donors (Lipinski definition) is 1. The van der Waals surface area contributed by atoms with Crippen LogP contribution in [-0.2, 0) is 38.9 Å². The largest absolute Gasteiger partial charge is 0.494 e. The van der Waals surface area contributed by atoms with Gasteiger partial charge in [0.15, 0.2) is 23.9 Å². The Kier molecular flexibility index (Phi) is 8.07. The standard InChI is InChI=1S/C24H33NO7/c1-8-9-12-23(3,4)22(28)31-19-17-13-16(25-5)10-11-18(17)24(14-26,32-15(2)27)21(30-7)20(19)29-6/h10-11,13-14,21,25H,8-9,12H2,1-7H3. The Bertz CT molecular complexity index is 906. The van der Waals surface area contributed by atoms with E-state index < -0.39 is 29.1 Å². The predicted octanol–water partition coefficient (Wildman–Crippen LogP) is 3.79. The number of carbonyl (C=O) groups excluding carboxylic acids is 3. The molecular formula is C24H33NO7. The zero-order valence-electron chi connectivity index (χ0n) is 19.9. The van der Waals surface area contributed by atoms with Gasteiger partial charge in [-0.05, 0) is 32.4 Å². The van der Waals surface area contributed by atoms with Crippen molar-refractivity contribution in [2.75, 3.05) is 26.6 Å². The van der Waals surface area contributed by atoms with Crippen molar-refractivity contribution >= 4 is 29.7 Å². The molecule has 0 amide bonds. The van der Waals surface area contributed by atoms with Gasteiger partial charge in [-0.15, -0.1) is 0 Å². The fraction of sp³-hybridized carbons (Fsp3) is 0.542. The van der Waals surface area contributed by atoms with E-state index in [1.807, 2.05) is 13.8 Å². The predicted molar refractivity (Wildman–Crippen MR) is 120 cm³/mol. The van der Waals surface area contributed by atoms with Crippen molar-refractivity contribution in [2.24, 2.45) is 5.41 Å². The molecule has 32 heavy (non-hydrogen) atoms. The third-order valence-corrected chi connectivity index (χ3v) is 5.67. The van der Waals surface area contributed by atoms with Crippen molar-refractivity contribution in [1.82, 2.24) is 0 Å². The minimum Gasteiger partial charge on any atom is -0.494 e. The molecule has 0 bridgehead atoms. The summed E-state index contributed by atoms with van der Waals surface area (Å²) >= 11 is 0. The number of carbonyl (C=O) groups is 3. The SMILES string of the molecule is CCCCC(C)(C)C(=O)OC1=C(OC)C(OC)C(C=O)(OC(C)=O)c2ccc(NC)cc21. The first-order chi connectivity index (χ1) is 15.1. The molecule has 8 heteroatoms. The molecule has 1 aliphatic rings. The number of methoxy groups -OCH3 is 2. The summed E-state index contributed by atoms with van der Waals surface area (Å²) < 4.78 is 22.6. The lowest BCUT2D eigenvalue weighted by Crippen LogP contribution is -2.50. The fourth-order valence-corrected chi connectivity index (χ4v) is 3.85. The Hall–Kier alpha value is -2.87. The maximum absolute atomic E-state index is 13.1. The number of nitrogens with one attached hydrogen (secondary N) is 1. The number of ether oxygens (including phenoxy) is 4. The van der Waals surface area contributed by atoms with Crippen LogP contribution >= 0.6 is 0 Å². The third-order valence-electron chi connectivity index (χ3n) is 5.67. The van der Waals surface area contributed by atoms with E-state index in [4.69, 9.17) is 18.9 Å². The van der Waals surface area contributed by atoms with Gasteiger partial charge in [0.1, 0.15) is 0 Å². The van der Waals surface area contributed by atoms with E-state index in [0.717, 1.165) is 12.8 Å². The molecular weight excluding hydrogens is 414 g/mol. The molecule has 2 unspecified atom stereocenters. The number of hydrogen-bond acceptors (Lipinski definition) is 8. The minimum atomic E-state index is -1.80. The molecule has 8 nitrogen and oxygen atoms in total. The maximum Gasteiger partial charge on any atom is 0.317 e. The van der Waals surface area contributed by atoms with E-state index in [2.05, 4.69) is 12.2 Å². The Balaban J connectivity index is 2.74. The first-order valence-corrected chi connectivity index (χ1v) is 10.6. The van der Waals surface area contributed by atoms with Crippen LogP contribution in [0.3, 0.4) is 0 Å². The monoisotopic (exact) mass is 447 g/mol. The molecule has 1 aromatic carbocycles. The van der Waals surface area contributed by atoms with Crippen LogP contribution in [0.5, 0.6) is 0 Å². The topological polar surface area (TPSA) is 100 Å². The molecule has 1 aliphatic carbocycles. The molecule has 0 spiro atoms. The number of esters is 2. The lowest BCUT2D eigenvalue weighted by Gasteiger charge is -2.40. The van der Waals surface area contributed by atoms with E-state index >= 15 is 0 Å². The first kappa shape index (κ1) is 25.4. The summed E-state index contributed by atoms with van der Waals surface area (Å²) in [5.41, 5.74) is -1.10. The van der Waals surface area contributed by atoms with Gasteiger partial charge in [0.2, 0.25) is 5.60 Å². The highest BCUT2D eigenvalue weighted by atomic mass is 16.6. The number of rotatable bonds is 10. The van der Waals surface area contributed by atoms with Gasteiger partial charge < -0.3 is 24.3 Å². The molecule has 0 heterocycles. The molecule has 0 fully saturated rings. The first-order valence-electron chi connectivity index (χ1n) is 10.6. The van der Waals surface area contributed by atoms with Crippen molar-refractivity contribution < 1.29 is 33.3 Å². The molecule has 176 valence electrons. The Morgan fingerprint density at radius 3 is 2.44 bits per heavy atom. The molecule has 2 rings (SSSR count). The highest BCUT2D eigenvalue weighted by Gasteiger charge is 2.54. The number of benzene rings is 1. The van der Waals surface area contributed by atoms with Crippen LogP contribution in [0.15, 0.2) is 24.0 Å². The highest BCUT2D eigenvalue weighted by Crippen LogP contribution is 2.46. The van der Waals surface area contributed by atoms with Crippen LogP contribution in [0.2, 0.25) is 0 Å². The second-order valence-corrected chi connectivity index (χ2v) is 8.41. The van der Waals surface area contributed by atoms with Gasteiger partial charge in [-0.1, -0.05) is 25.8 Å². The summed E-state index contributed by atoms with van der Waals surface area (Å²) in [6.07, 6.45) is 1.85. The average molecular weight is 448 g/mol. The zero-order chi connectivity index (χ0) is 24.1. The Labute approximate surface area is 189 Å². The van der Waals surface area contributed by atoms with Gasteiger partial charge in [0, 0.05) is 37.9 Å². The van der Waals surface area contributed by atoms with Gasteiger partial charge >= 0.3 is 11.9 Å². The summed E-state index contributed by atoms with van der Waals surface area (Å²) in [6.45, 7) is 6.92. The molecule has 0 saturated carbocycles. The van der Waals surface area contributed by atoms with Crippen LogP contribution in [-0.4, -0.2) is 45.6 Å². The molecule has 2 atom stereocenters. The number of anilines is 1. The van der Waals surface area contributed by atoms with Crippen molar-refractivity contribution in [2.45, 2.75) is 58.7 Å². The smallest absolute Gasteiger partial charge is 0.317 e. The van der Waals surface area contributed by atoms with Crippen molar-refractivity contribution in [3.63, 3.8) is 0 Å². The Morgan fingerprint density at radius 2 is 1.94 bits per heavy atom. The average Bonchev–Trinajstić information content (AvgIpc) is 2.77. The lowest BCUT2D eigenvalue weighted by atomic mass is 9.79. The van der Waals surface area contributed by atoms with Gasteiger partial charge in [-0.3, -0.25) is 14.4 Å². The summed E-state index contributed by atoms with van der Waals surface area (Å²) in [7, 11) is 4.48. The van der Waals surface area contributed by atoms with Gasteiger partial charge in [-0.2, -0.15) is 0 Å². The molecule has 0 aromatic heterocycles. The lowest BCUT2D eigenvalue weighted by molar-refractivity contribution is -0.178. The molecule has 0 saturated heterocycles. The third kappa shape index (κ3) is 4.65. The summed E-state index contributed by atoms with van der Waals surface area (Å²) in [5.74, 6) is -0.886. The van der Waals surface area contributed by atoms with Crippen LogP contribution in [0.1, 0.15) is 58.1 Å². The molecule has 1 aromatic rings. The van der Waals surface area contributed by atoms with Crippen LogP contribution in [0.4, 0.5) is 5.69 Å². The number of unbranched alkanes of at least 4 members (excludes halogenated alkanes) is 1. The molecule has 0 radical (unpaired) electrons. The van der Waals surface area contributed by atoms with Crippen LogP contribution in [0, 0.1) is 5.41 Å². The minimum absolute atomic E-state index is 0.0845. The zero-order valence-corrected chi connectivity index (χ0v) is 19.9. The van der Waals surface area contributed by atoms with Crippen molar-refractivity contribution in [3.05, 3.63) is 35.1 Å². The van der Waals surface area contributed by atoms with Gasteiger partial charge in [0.25, 0.3) is 0 Å². The summed E-state index contributed by atoms with van der Waals surface area (Å²) in [4.78, 5) is 37.5. The Morgan fingerprint density at radius 1 is 1.25 bits per heavy atom. The number of fused-ring (bicyclic) bond motifs is 1. The van der Waals surface area contributed by atoms with Gasteiger partial charge in [0.05, 0.1) is 12.5 Å². The second kappa shape index (κ2) is 10.2. The molecule has 1 N–H and O–H groups in total.